The monoisotopic (exact) mass is 325 g/mol. The molecule has 0 saturated carbocycles. The zero-order valence-corrected chi connectivity index (χ0v) is 10.3. The molecule has 0 spiro atoms. The van der Waals surface area contributed by atoms with Crippen LogP contribution in [0.5, 0.6) is 0 Å². The lowest BCUT2D eigenvalue weighted by Crippen LogP contribution is -2.24. The van der Waals surface area contributed by atoms with Crippen LogP contribution in [-0.2, 0) is 9.53 Å². The number of halogens is 1. The quantitative estimate of drug-likeness (QED) is 0.672. The number of hydrogen-bond acceptors (Lipinski definition) is 4. The zero-order chi connectivity index (χ0) is 10.6. The smallest absolute Gasteiger partial charge is 0.339 e. The molecule has 0 saturated heterocycles. The number of ether oxygens (including phenoxy) is 1. The third-order valence-corrected chi connectivity index (χ3v) is 3.21. The van der Waals surface area contributed by atoms with Crippen LogP contribution in [0.3, 0.4) is 0 Å². The molecular weight excluding hydrogens is 317 g/mol. The van der Waals surface area contributed by atoms with E-state index in [0.717, 1.165) is 2.88 Å². The molecule has 4 nitrogen and oxygen atoms in total. The lowest BCUT2D eigenvalue weighted by molar-refractivity contribution is -0.123. The topological polar surface area (TPSA) is 55.4 Å². The van der Waals surface area contributed by atoms with E-state index in [-0.39, 0.29) is 12.5 Å². The van der Waals surface area contributed by atoms with E-state index in [4.69, 9.17) is 4.74 Å². The minimum Gasteiger partial charge on any atom is -0.452 e. The van der Waals surface area contributed by atoms with Gasteiger partial charge in [0.25, 0.3) is 5.91 Å². The van der Waals surface area contributed by atoms with Crippen LogP contribution in [-0.4, -0.2) is 25.5 Å². The van der Waals surface area contributed by atoms with E-state index in [2.05, 4.69) is 27.9 Å². The first-order valence-electron chi connectivity index (χ1n) is 3.75. The maximum atomic E-state index is 11.3. The van der Waals surface area contributed by atoms with Crippen LogP contribution in [0.25, 0.3) is 0 Å². The Balaban J connectivity index is 2.47. The second kappa shape index (κ2) is 5.30. The molecule has 76 valence electrons. The summed E-state index contributed by atoms with van der Waals surface area (Å²) in [6.45, 7) is -0.234. The van der Waals surface area contributed by atoms with Crippen LogP contribution >= 0.6 is 33.9 Å². The second-order valence-electron chi connectivity index (χ2n) is 2.39. The van der Waals surface area contributed by atoms with Gasteiger partial charge in [-0.2, -0.15) is 0 Å². The van der Waals surface area contributed by atoms with Crippen LogP contribution in [0.1, 0.15) is 10.4 Å². The first kappa shape index (κ1) is 11.4. The van der Waals surface area contributed by atoms with Crippen molar-refractivity contribution in [3.8, 4) is 0 Å². The average molecular weight is 325 g/mol. The van der Waals surface area contributed by atoms with Crippen LogP contribution in [0.2, 0.25) is 0 Å². The maximum Gasteiger partial charge on any atom is 0.339 e. The van der Waals surface area contributed by atoms with Crippen molar-refractivity contribution in [2.24, 2.45) is 0 Å². The Kier molecular flexibility index (Phi) is 4.33. The molecule has 1 heterocycles. The standard InChI is InChI=1S/C8H8INO3S/c1-10-7(11)3-13-8(12)5-2-6(9)14-4-5/h2,4H,3H2,1H3,(H,10,11). The van der Waals surface area contributed by atoms with E-state index in [1.807, 2.05) is 0 Å². The Morgan fingerprint density at radius 3 is 2.86 bits per heavy atom. The Morgan fingerprint density at radius 2 is 2.36 bits per heavy atom. The number of nitrogens with one attached hydrogen (secondary N) is 1. The van der Waals surface area contributed by atoms with E-state index >= 15 is 0 Å². The number of thiophene rings is 1. The highest BCUT2D eigenvalue weighted by molar-refractivity contribution is 14.1. The van der Waals surface area contributed by atoms with Crippen molar-refractivity contribution in [3.63, 3.8) is 0 Å². The lowest BCUT2D eigenvalue weighted by atomic mass is 10.3. The molecule has 1 rings (SSSR count). The fourth-order valence-electron chi connectivity index (χ4n) is 0.704. The van der Waals surface area contributed by atoms with Gasteiger partial charge in [0, 0.05) is 12.4 Å². The molecule has 0 fully saturated rings. The molecule has 1 aromatic rings. The summed E-state index contributed by atoms with van der Waals surface area (Å²) in [5, 5.41) is 4.06. The van der Waals surface area contributed by atoms with Gasteiger partial charge < -0.3 is 10.1 Å². The van der Waals surface area contributed by atoms with E-state index in [1.54, 1.807) is 11.4 Å². The van der Waals surface area contributed by atoms with E-state index in [1.165, 1.54) is 18.4 Å². The predicted molar refractivity (Wildman–Crippen MR) is 61.4 cm³/mol. The first-order valence-corrected chi connectivity index (χ1v) is 5.71. The summed E-state index contributed by atoms with van der Waals surface area (Å²) in [5.41, 5.74) is 0.489. The van der Waals surface area contributed by atoms with Gasteiger partial charge in [-0.25, -0.2) is 4.79 Å². The van der Waals surface area contributed by atoms with Crippen molar-refractivity contribution in [1.29, 1.82) is 0 Å². The molecule has 0 aliphatic rings. The predicted octanol–water partition coefficient (Wildman–Crippen LogP) is 1.26. The molecule has 0 aromatic carbocycles. The maximum absolute atomic E-state index is 11.3. The van der Waals surface area contributed by atoms with Crippen molar-refractivity contribution < 1.29 is 14.3 Å². The van der Waals surface area contributed by atoms with E-state index in [0.29, 0.717) is 5.56 Å². The summed E-state index contributed by atoms with van der Waals surface area (Å²) >= 11 is 3.57. The van der Waals surface area contributed by atoms with Crippen LogP contribution in [0, 0.1) is 2.88 Å². The molecule has 0 radical (unpaired) electrons. The first-order chi connectivity index (χ1) is 6.63. The van der Waals surface area contributed by atoms with E-state index < -0.39 is 5.97 Å². The Hall–Kier alpha value is -0.630. The highest BCUT2D eigenvalue weighted by Gasteiger charge is 2.10. The van der Waals surface area contributed by atoms with Crippen molar-refractivity contribution in [3.05, 3.63) is 19.9 Å². The molecule has 1 amide bonds. The van der Waals surface area contributed by atoms with Gasteiger partial charge in [0.1, 0.15) is 0 Å². The van der Waals surface area contributed by atoms with E-state index in [9.17, 15) is 9.59 Å². The van der Waals surface area contributed by atoms with Crippen molar-refractivity contribution >= 4 is 45.8 Å². The van der Waals surface area contributed by atoms with Crippen molar-refractivity contribution in [2.75, 3.05) is 13.7 Å². The summed E-state index contributed by atoms with van der Waals surface area (Å²) in [4.78, 5) is 22.0. The number of likely N-dealkylation sites (N-methyl/N-ethyl adjacent to an activating group) is 1. The molecular formula is C8H8INO3S. The third kappa shape index (κ3) is 3.26. The summed E-state index contributed by atoms with van der Waals surface area (Å²) < 4.78 is 5.76. The molecule has 0 aliphatic carbocycles. The Morgan fingerprint density at radius 1 is 1.64 bits per heavy atom. The van der Waals surface area contributed by atoms with Gasteiger partial charge in [0.05, 0.1) is 8.45 Å². The van der Waals surface area contributed by atoms with Gasteiger partial charge in [0.15, 0.2) is 6.61 Å². The van der Waals surface area contributed by atoms with Crippen LogP contribution in [0.15, 0.2) is 11.4 Å². The second-order valence-corrected chi connectivity index (χ2v) is 5.19. The zero-order valence-electron chi connectivity index (χ0n) is 7.37. The van der Waals surface area contributed by atoms with Crippen molar-refractivity contribution in [2.45, 2.75) is 0 Å². The van der Waals surface area contributed by atoms with Gasteiger partial charge in [-0.05, 0) is 28.7 Å². The molecule has 0 atom stereocenters. The molecule has 6 heteroatoms. The normalized spacial score (nSPS) is 9.57. The Bertz CT molecular complexity index is 350. The summed E-state index contributed by atoms with van der Waals surface area (Å²) in [6.07, 6.45) is 0. The lowest BCUT2D eigenvalue weighted by Gasteiger charge is -2.01. The molecule has 1 N–H and O–H groups in total. The molecule has 1 aromatic heterocycles. The Labute approximate surface area is 98.8 Å². The number of hydrogen-bond donors (Lipinski definition) is 1. The summed E-state index contributed by atoms with van der Waals surface area (Å²) in [7, 11) is 1.49. The van der Waals surface area contributed by atoms with Gasteiger partial charge in [0.2, 0.25) is 0 Å². The summed E-state index contributed by atoms with van der Waals surface area (Å²) in [6, 6.07) is 1.72. The molecule has 14 heavy (non-hydrogen) atoms. The summed E-state index contributed by atoms with van der Waals surface area (Å²) in [5.74, 6) is -0.781. The van der Waals surface area contributed by atoms with Crippen LogP contribution < -0.4 is 5.32 Å². The highest BCUT2D eigenvalue weighted by Crippen LogP contribution is 2.17. The third-order valence-electron chi connectivity index (χ3n) is 1.42. The largest absolute Gasteiger partial charge is 0.452 e. The molecule has 0 unspecified atom stereocenters. The number of esters is 1. The number of carbonyl (C=O) groups is 2. The highest BCUT2D eigenvalue weighted by atomic mass is 127. The van der Waals surface area contributed by atoms with Crippen molar-refractivity contribution in [1.82, 2.24) is 5.32 Å². The minimum absolute atomic E-state index is 0.234. The molecule has 0 aliphatic heterocycles. The average Bonchev–Trinajstić information content (AvgIpc) is 2.60. The fourth-order valence-corrected chi connectivity index (χ4v) is 2.02. The SMILES string of the molecule is CNC(=O)COC(=O)c1csc(I)c1. The van der Waals surface area contributed by atoms with Gasteiger partial charge in [-0.3, -0.25) is 4.79 Å². The van der Waals surface area contributed by atoms with Gasteiger partial charge in [-0.1, -0.05) is 0 Å². The number of rotatable bonds is 3. The van der Waals surface area contributed by atoms with Crippen LogP contribution in [0.4, 0.5) is 0 Å². The fraction of sp³-hybridized carbons (Fsp3) is 0.250. The van der Waals surface area contributed by atoms with Gasteiger partial charge >= 0.3 is 5.97 Å². The minimum atomic E-state index is -0.465. The number of amides is 1. The van der Waals surface area contributed by atoms with Gasteiger partial charge in [-0.15, -0.1) is 11.3 Å². The molecule has 0 bridgehead atoms. The number of carbonyl (C=O) groups excluding carboxylic acids is 2.